The second-order valence-electron chi connectivity index (χ2n) is 5.58. The Morgan fingerprint density at radius 2 is 2.10 bits per heavy atom. The predicted octanol–water partition coefficient (Wildman–Crippen LogP) is 2.78. The number of benzene rings is 1. The van der Waals surface area contributed by atoms with Gasteiger partial charge in [-0.3, -0.25) is 0 Å². The fourth-order valence-corrected chi connectivity index (χ4v) is 3.61. The lowest BCUT2D eigenvalue weighted by atomic mass is 10.2. The third kappa shape index (κ3) is 4.42. The standard InChI is InChI=1S/C15H22ClNO3S/c1-12-3-4-14(10-16)9-15(12)21(18,19)17(2)7-8-20-11-13-5-6-13/h3-4,9,13H,5-8,10-11H2,1-2H3. The first-order chi connectivity index (χ1) is 9.95. The summed E-state index contributed by atoms with van der Waals surface area (Å²) in [6, 6.07) is 5.29. The number of aryl methyl sites for hydroxylation is 1. The van der Waals surface area contributed by atoms with Crippen molar-refractivity contribution in [1.82, 2.24) is 4.31 Å². The minimum absolute atomic E-state index is 0.303. The highest BCUT2D eigenvalue weighted by molar-refractivity contribution is 7.89. The minimum atomic E-state index is -3.49. The van der Waals surface area contributed by atoms with E-state index in [1.807, 2.05) is 6.07 Å². The van der Waals surface area contributed by atoms with Crippen molar-refractivity contribution in [2.45, 2.75) is 30.5 Å². The van der Waals surface area contributed by atoms with E-state index in [-0.39, 0.29) is 0 Å². The van der Waals surface area contributed by atoms with E-state index in [1.54, 1.807) is 26.1 Å². The summed E-state index contributed by atoms with van der Waals surface area (Å²) in [6.07, 6.45) is 2.47. The quantitative estimate of drug-likeness (QED) is 0.543. The molecule has 1 aliphatic carbocycles. The Kier molecular flexibility index (Phi) is 5.66. The summed E-state index contributed by atoms with van der Waals surface area (Å²) in [6.45, 7) is 3.33. The topological polar surface area (TPSA) is 46.6 Å². The van der Waals surface area contributed by atoms with Gasteiger partial charge in [-0.25, -0.2) is 8.42 Å². The van der Waals surface area contributed by atoms with Gasteiger partial charge in [-0.2, -0.15) is 4.31 Å². The van der Waals surface area contributed by atoms with Crippen molar-refractivity contribution >= 4 is 21.6 Å². The maximum atomic E-state index is 12.6. The van der Waals surface area contributed by atoms with Crippen LogP contribution in [-0.2, 0) is 20.6 Å². The lowest BCUT2D eigenvalue weighted by Crippen LogP contribution is -2.31. The van der Waals surface area contributed by atoms with Crippen LogP contribution < -0.4 is 0 Å². The second kappa shape index (κ2) is 7.09. The van der Waals surface area contributed by atoms with Crippen molar-refractivity contribution in [1.29, 1.82) is 0 Å². The molecule has 1 aromatic carbocycles. The van der Waals surface area contributed by atoms with Gasteiger partial charge in [0.25, 0.3) is 0 Å². The molecule has 0 N–H and O–H groups in total. The molecule has 1 saturated carbocycles. The maximum Gasteiger partial charge on any atom is 0.243 e. The lowest BCUT2D eigenvalue weighted by molar-refractivity contribution is 0.117. The van der Waals surface area contributed by atoms with Crippen molar-refractivity contribution in [3.05, 3.63) is 29.3 Å². The van der Waals surface area contributed by atoms with Crippen LogP contribution >= 0.6 is 11.6 Å². The number of sulfonamides is 1. The van der Waals surface area contributed by atoms with E-state index in [4.69, 9.17) is 16.3 Å². The zero-order valence-electron chi connectivity index (χ0n) is 12.5. The van der Waals surface area contributed by atoms with Crippen LogP contribution in [0.4, 0.5) is 0 Å². The normalized spacial score (nSPS) is 15.6. The molecule has 2 rings (SSSR count). The Bertz CT molecular complexity index is 585. The van der Waals surface area contributed by atoms with Gasteiger partial charge in [0, 0.05) is 26.1 Å². The first kappa shape index (κ1) is 16.7. The number of nitrogens with zero attached hydrogens (tertiary/aromatic N) is 1. The molecule has 0 saturated heterocycles. The van der Waals surface area contributed by atoms with E-state index in [2.05, 4.69) is 0 Å². The van der Waals surface area contributed by atoms with Crippen LogP contribution in [0.25, 0.3) is 0 Å². The first-order valence-electron chi connectivity index (χ1n) is 7.14. The molecule has 118 valence electrons. The van der Waals surface area contributed by atoms with Gasteiger partial charge in [-0.05, 0) is 42.9 Å². The molecule has 0 bridgehead atoms. The molecule has 0 heterocycles. The van der Waals surface area contributed by atoms with Crippen molar-refractivity contribution in [3.8, 4) is 0 Å². The van der Waals surface area contributed by atoms with E-state index in [9.17, 15) is 8.42 Å². The zero-order chi connectivity index (χ0) is 15.5. The maximum absolute atomic E-state index is 12.6. The van der Waals surface area contributed by atoms with Crippen LogP contribution in [0.15, 0.2) is 23.1 Å². The van der Waals surface area contributed by atoms with Crippen LogP contribution in [-0.4, -0.2) is 39.5 Å². The van der Waals surface area contributed by atoms with E-state index >= 15 is 0 Å². The highest BCUT2D eigenvalue weighted by Crippen LogP contribution is 2.28. The molecule has 21 heavy (non-hydrogen) atoms. The monoisotopic (exact) mass is 331 g/mol. The van der Waals surface area contributed by atoms with Crippen molar-refractivity contribution in [3.63, 3.8) is 0 Å². The Hall–Kier alpha value is -0.620. The first-order valence-corrected chi connectivity index (χ1v) is 9.12. The van der Waals surface area contributed by atoms with Gasteiger partial charge >= 0.3 is 0 Å². The van der Waals surface area contributed by atoms with Crippen LogP contribution in [0.3, 0.4) is 0 Å². The molecular formula is C15H22ClNO3S. The second-order valence-corrected chi connectivity index (χ2v) is 7.86. The van der Waals surface area contributed by atoms with Gasteiger partial charge in [0.15, 0.2) is 0 Å². The van der Waals surface area contributed by atoms with Gasteiger partial charge in [0.1, 0.15) is 0 Å². The van der Waals surface area contributed by atoms with Crippen molar-refractivity contribution in [2.24, 2.45) is 5.92 Å². The molecule has 4 nitrogen and oxygen atoms in total. The predicted molar refractivity (Wildman–Crippen MR) is 84.1 cm³/mol. The Labute approximate surface area is 132 Å². The molecule has 0 aromatic heterocycles. The van der Waals surface area contributed by atoms with Gasteiger partial charge in [0.05, 0.1) is 11.5 Å². The number of hydrogen-bond donors (Lipinski definition) is 0. The molecule has 0 unspecified atom stereocenters. The van der Waals surface area contributed by atoms with E-state index < -0.39 is 10.0 Å². The number of rotatable bonds is 8. The number of likely N-dealkylation sites (N-methyl/N-ethyl adjacent to an activating group) is 1. The molecule has 6 heteroatoms. The third-order valence-corrected chi connectivity index (χ3v) is 6.00. The summed E-state index contributed by atoms with van der Waals surface area (Å²) in [5.41, 5.74) is 1.54. The summed E-state index contributed by atoms with van der Waals surface area (Å²) >= 11 is 5.79. The van der Waals surface area contributed by atoms with Gasteiger partial charge in [-0.15, -0.1) is 11.6 Å². The number of halogens is 1. The SMILES string of the molecule is Cc1ccc(CCl)cc1S(=O)(=O)N(C)CCOCC1CC1. The van der Waals surface area contributed by atoms with Gasteiger partial charge < -0.3 is 4.74 Å². The lowest BCUT2D eigenvalue weighted by Gasteiger charge is -2.19. The summed E-state index contributed by atoms with van der Waals surface area (Å²) < 4.78 is 32.0. The van der Waals surface area contributed by atoms with Gasteiger partial charge in [0.2, 0.25) is 10.0 Å². The zero-order valence-corrected chi connectivity index (χ0v) is 14.1. The molecule has 0 amide bonds. The van der Waals surface area contributed by atoms with E-state index in [0.717, 1.165) is 17.7 Å². The van der Waals surface area contributed by atoms with Crippen LogP contribution in [0, 0.1) is 12.8 Å². The van der Waals surface area contributed by atoms with Crippen molar-refractivity contribution < 1.29 is 13.2 Å². The molecule has 0 spiro atoms. The summed E-state index contributed by atoms with van der Waals surface area (Å²) in [5.74, 6) is 0.992. The average molecular weight is 332 g/mol. The number of alkyl halides is 1. The smallest absolute Gasteiger partial charge is 0.243 e. The Balaban J connectivity index is 2.01. The summed E-state index contributed by atoms with van der Waals surface area (Å²) in [5, 5.41) is 0. The molecule has 0 atom stereocenters. The molecule has 0 aliphatic heterocycles. The van der Waals surface area contributed by atoms with Crippen LogP contribution in [0.5, 0.6) is 0 Å². The third-order valence-electron chi connectivity index (χ3n) is 3.70. The summed E-state index contributed by atoms with van der Waals surface area (Å²) in [4.78, 5) is 0.324. The van der Waals surface area contributed by atoms with Crippen molar-refractivity contribution in [2.75, 3.05) is 26.8 Å². The van der Waals surface area contributed by atoms with E-state index in [1.165, 1.54) is 17.1 Å². The molecule has 1 aromatic rings. The van der Waals surface area contributed by atoms with Gasteiger partial charge in [-0.1, -0.05) is 12.1 Å². The van der Waals surface area contributed by atoms with Crippen LogP contribution in [0.2, 0.25) is 0 Å². The Morgan fingerprint density at radius 1 is 1.38 bits per heavy atom. The van der Waals surface area contributed by atoms with Crippen LogP contribution in [0.1, 0.15) is 24.0 Å². The summed E-state index contributed by atoms with van der Waals surface area (Å²) in [7, 11) is -1.91. The number of hydrogen-bond acceptors (Lipinski definition) is 3. The Morgan fingerprint density at radius 3 is 2.71 bits per heavy atom. The number of ether oxygens (including phenoxy) is 1. The molecule has 1 fully saturated rings. The highest BCUT2D eigenvalue weighted by Gasteiger charge is 2.24. The highest BCUT2D eigenvalue weighted by atomic mass is 35.5. The molecule has 0 radical (unpaired) electrons. The minimum Gasteiger partial charge on any atom is -0.380 e. The largest absolute Gasteiger partial charge is 0.380 e. The van der Waals surface area contributed by atoms with E-state index in [0.29, 0.717) is 29.8 Å². The fourth-order valence-electron chi connectivity index (χ4n) is 2.02. The molecule has 1 aliphatic rings. The molecular weight excluding hydrogens is 310 g/mol. The fraction of sp³-hybridized carbons (Fsp3) is 0.600. The average Bonchev–Trinajstić information content (AvgIpc) is 3.27.